The van der Waals surface area contributed by atoms with Gasteiger partial charge in [0.25, 0.3) is 0 Å². The standard InChI is InChI=1S/C29H28N12/c1-19-7-9-21(10-8-19)26-23(18-35-39-28-32-14-15-33-28)41-24(36-26)11-16-40-22(17-34-38-27-30-12-13-31-27)25(37-29(40)41)20-5-3-2-4-6-20/h2-11,16-18H,12-15H2,1H3,(H2,30,31,38)(H2,32,33,39)/b34-17+,35-18+. The lowest BCUT2D eigenvalue weighted by atomic mass is 10.1. The van der Waals surface area contributed by atoms with E-state index in [4.69, 9.17) is 9.97 Å². The molecule has 0 saturated carbocycles. The number of hydrogen-bond donors (Lipinski definition) is 4. The first kappa shape index (κ1) is 24.5. The third-order valence-corrected chi connectivity index (χ3v) is 6.88. The topological polar surface area (TPSA) is 132 Å². The zero-order chi connectivity index (χ0) is 27.6. The molecule has 12 heteroatoms. The second kappa shape index (κ2) is 10.6. The number of aliphatic imine (C=N–C) groups is 2. The quantitative estimate of drug-likeness (QED) is 0.192. The number of rotatable bonds is 6. The number of imidazole rings is 2. The van der Waals surface area contributed by atoms with Crippen LogP contribution in [-0.2, 0) is 0 Å². The molecule has 3 aromatic heterocycles. The highest BCUT2D eigenvalue weighted by Gasteiger charge is 2.20. The first-order valence-electron chi connectivity index (χ1n) is 13.5. The first-order chi connectivity index (χ1) is 20.2. The Kier molecular flexibility index (Phi) is 6.32. The van der Waals surface area contributed by atoms with E-state index in [1.54, 1.807) is 12.4 Å². The lowest BCUT2D eigenvalue weighted by molar-refractivity contribution is 0.918. The van der Waals surface area contributed by atoms with Crippen LogP contribution in [0.4, 0.5) is 0 Å². The molecule has 0 bridgehead atoms. The minimum Gasteiger partial charge on any atom is -0.353 e. The number of nitrogens with one attached hydrogen (secondary N) is 4. The summed E-state index contributed by atoms with van der Waals surface area (Å²) in [7, 11) is 0. The number of benzene rings is 2. The zero-order valence-corrected chi connectivity index (χ0v) is 22.4. The Hall–Kier alpha value is -5.52. The number of aromatic nitrogens is 4. The maximum Gasteiger partial charge on any atom is 0.221 e. The van der Waals surface area contributed by atoms with E-state index in [2.05, 4.69) is 72.9 Å². The van der Waals surface area contributed by atoms with Crippen LogP contribution in [0.15, 0.2) is 87.0 Å². The van der Waals surface area contributed by atoms with Crippen LogP contribution in [0.2, 0.25) is 0 Å². The second-order valence-electron chi connectivity index (χ2n) is 9.66. The van der Waals surface area contributed by atoms with E-state index < -0.39 is 0 Å². The fourth-order valence-corrected chi connectivity index (χ4v) is 4.88. The summed E-state index contributed by atoms with van der Waals surface area (Å²) in [5.41, 5.74) is 13.1. The van der Waals surface area contributed by atoms with Gasteiger partial charge in [-0.2, -0.15) is 10.2 Å². The zero-order valence-electron chi connectivity index (χ0n) is 22.4. The summed E-state index contributed by atoms with van der Waals surface area (Å²) in [6.45, 7) is 5.12. The van der Waals surface area contributed by atoms with Gasteiger partial charge in [0.1, 0.15) is 5.65 Å². The van der Waals surface area contributed by atoms with Crippen molar-refractivity contribution in [2.45, 2.75) is 6.92 Å². The van der Waals surface area contributed by atoms with Gasteiger partial charge in [-0.25, -0.2) is 30.8 Å². The molecule has 2 aliphatic heterocycles. The summed E-state index contributed by atoms with van der Waals surface area (Å²) in [5, 5.41) is 15.3. The fraction of sp³-hybridized carbons (Fsp3) is 0.172. The fourth-order valence-electron chi connectivity index (χ4n) is 4.88. The van der Waals surface area contributed by atoms with Gasteiger partial charge in [-0.3, -0.25) is 8.80 Å². The third kappa shape index (κ3) is 4.75. The number of fused-ring (bicyclic) bond motifs is 3. The van der Waals surface area contributed by atoms with Crippen molar-refractivity contribution >= 4 is 35.8 Å². The van der Waals surface area contributed by atoms with E-state index in [0.29, 0.717) is 17.7 Å². The van der Waals surface area contributed by atoms with Gasteiger partial charge in [0.05, 0.1) is 48.3 Å². The van der Waals surface area contributed by atoms with E-state index in [9.17, 15) is 0 Å². The molecule has 0 saturated heterocycles. The molecule has 12 nitrogen and oxygen atoms in total. The molecule has 204 valence electrons. The Morgan fingerprint density at radius 2 is 1.39 bits per heavy atom. The summed E-state index contributed by atoms with van der Waals surface area (Å²) in [5.74, 6) is 1.99. The summed E-state index contributed by atoms with van der Waals surface area (Å²) >= 11 is 0. The Bertz CT molecular complexity index is 1840. The molecular formula is C29H28N12. The normalized spacial score (nSPS) is 15.0. The number of hydrazone groups is 2. The van der Waals surface area contributed by atoms with Crippen molar-refractivity contribution in [2.24, 2.45) is 20.2 Å². The van der Waals surface area contributed by atoms with E-state index in [1.165, 1.54) is 5.56 Å². The Morgan fingerprint density at radius 1 is 0.756 bits per heavy atom. The van der Waals surface area contributed by atoms with Crippen LogP contribution in [0, 0.1) is 6.92 Å². The molecule has 4 N–H and O–H groups in total. The first-order valence-corrected chi connectivity index (χ1v) is 13.5. The van der Waals surface area contributed by atoms with Crippen LogP contribution < -0.4 is 21.5 Å². The molecule has 41 heavy (non-hydrogen) atoms. The van der Waals surface area contributed by atoms with Crippen LogP contribution in [0.1, 0.15) is 17.0 Å². The van der Waals surface area contributed by atoms with E-state index in [0.717, 1.165) is 65.7 Å². The lowest BCUT2D eigenvalue weighted by Gasteiger charge is -2.04. The highest BCUT2D eigenvalue weighted by atomic mass is 15.4. The molecular weight excluding hydrogens is 516 g/mol. The summed E-state index contributed by atoms with van der Waals surface area (Å²) < 4.78 is 4.03. The highest BCUT2D eigenvalue weighted by Crippen LogP contribution is 2.28. The van der Waals surface area contributed by atoms with Crippen molar-refractivity contribution in [3.63, 3.8) is 0 Å². The predicted molar refractivity (Wildman–Crippen MR) is 162 cm³/mol. The van der Waals surface area contributed by atoms with Gasteiger partial charge in [0.2, 0.25) is 17.7 Å². The molecule has 0 fully saturated rings. The summed E-state index contributed by atoms with van der Waals surface area (Å²) in [4.78, 5) is 18.9. The average molecular weight is 545 g/mol. The van der Waals surface area contributed by atoms with E-state index in [1.807, 2.05) is 51.4 Å². The Morgan fingerprint density at radius 3 is 2.05 bits per heavy atom. The number of aryl methyl sites for hydroxylation is 1. The summed E-state index contributed by atoms with van der Waals surface area (Å²) in [6.07, 6.45) is 5.51. The maximum atomic E-state index is 5.13. The van der Waals surface area contributed by atoms with Crippen molar-refractivity contribution in [1.29, 1.82) is 0 Å². The maximum absolute atomic E-state index is 5.13. The number of nitrogens with zero attached hydrogens (tertiary/aromatic N) is 8. The molecule has 0 unspecified atom stereocenters. The smallest absolute Gasteiger partial charge is 0.221 e. The van der Waals surface area contributed by atoms with Crippen LogP contribution in [0.5, 0.6) is 0 Å². The van der Waals surface area contributed by atoms with Crippen LogP contribution in [0.3, 0.4) is 0 Å². The van der Waals surface area contributed by atoms with Gasteiger partial charge in [-0.05, 0) is 13.0 Å². The minimum absolute atomic E-state index is 0.650. The second-order valence-corrected chi connectivity index (χ2v) is 9.66. The van der Waals surface area contributed by atoms with Gasteiger partial charge >= 0.3 is 0 Å². The SMILES string of the molecule is Cc1ccc(-c2nc3ccn4c(/C=N/NC5=NCCN5)c(-c5ccccc5)nc4n3c2/C=N/NC2=NCCN2)cc1. The Labute approximate surface area is 235 Å². The van der Waals surface area contributed by atoms with Crippen molar-refractivity contribution in [1.82, 2.24) is 40.3 Å². The van der Waals surface area contributed by atoms with Gasteiger partial charge < -0.3 is 10.6 Å². The van der Waals surface area contributed by atoms with Crippen molar-refractivity contribution in [3.05, 3.63) is 83.8 Å². The van der Waals surface area contributed by atoms with Crippen LogP contribution >= 0.6 is 0 Å². The number of guanidine groups is 2. The molecule has 2 aromatic carbocycles. The third-order valence-electron chi connectivity index (χ3n) is 6.88. The molecule has 0 aliphatic carbocycles. The van der Waals surface area contributed by atoms with Gasteiger partial charge in [0, 0.05) is 30.4 Å². The van der Waals surface area contributed by atoms with Gasteiger partial charge in [0.15, 0.2) is 0 Å². The largest absolute Gasteiger partial charge is 0.353 e. The molecule has 5 aromatic rings. The van der Waals surface area contributed by atoms with Crippen molar-refractivity contribution in [3.8, 4) is 22.5 Å². The minimum atomic E-state index is 0.650. The molecule has 5 heterocycles. The lowest BCUT2D eigenvalue weighted by Crippen LogP contribution is -2.30. The average Bonchev–Trinajstić information content (AvgIpc) is 3.81. The molecule has 0 radical (unpaired) electrons. The van der Waals surface area contributed by atoms with Crippen LogP contribution in [0.25, 0.3) is 33.9 Å². The summed E-state index contributed by atoms with van der Waals surface area (Å²) in [6, 6.07) is 20.4. The molecule has 2 aliphatic rings. The van der Waals surface area contributed by atoms with Gasteiger partial charge in [-0.1, -0.05) is 60.2 Å². The molecule has 7 rings (SSSR count). The van der Waals surface area contributed by atoms with Crippen molar-refractivity contribution < 1.29 is 0 Å². The van der Waals surface area contributed by atoms with Crippen molar-refractivity contribution in [2.75, 3.05) is 26.2 Å². The predicted octanol–water partition coefficient (Wildman–Crippen LogP) is 2.39. The number of hydrogen-bond acceptors (Lipinski definition) is 10. The van der Waals surface area contributed by atoms with E-state index >= 15 is 0 Å². The van der Waals surface area contributed by atoms with Gasteiger partial charge in [-0.15, -0.1) is 0 Å². The molecule has 0 atom stereocenters. The monoisotopic (exact) mass is 544 g/mol. The molecule has 0 spiro atoms. The molecule has 0 amide bonds. The highest BCUT2D eigenvalue weighted by molar-refractivity contribution is 5.93. The van der Waals surface area contributed by atoms with E-state index in [-0.39, 0.29) is 0 Å². The Balaban J connectivity index is 1.41. The van der Waals surface area contributed by atoms with Crippen LogP contribution in [-0.4, -0.2) is 69.3 Å².